The number of aromatic nitrogens is 4. The lowest BCUT2D eigenvalue weighted by Crippen LogP contribution is -2.37. The maximum absolute atomic E-state index is 16.3. The van der Waals surface area contributed by atoms with Gasteiger partial charge in [-0.05, 0) is 32.2 Å². The molecular weight excluding hydrogens is 580 g/mol. The van der Waals surface area contributed by atoms with E-state index < -0.39 is 44.6 Å². The molecule has 230 valence electrons. The first-order valence-electron chi connectivity index (χ1n) is 13.8. The first-order chi connectivity index (χ1) is 20.4. The number of imidazole rings is 1. The largest absolute Gasteiger partial charge is 0.462 e. The standard InChI is InChI=1S/C28H35FN7O6P/c1-16(2)40-26(37)18(4)35-43(38,42-21-12-8-10-19-9-6-7-11-20(19)21)39-14-28(29)13-17(3)25(41-28)36-15-32-22-23(31-5)33-27(30)34-24(22)36/h6-12,15-18,25H,13-14H2,1-5H3,(H,35,38)(H3,30,31,33,34)/t17-,18+,25+,28-,43-/m0/s1. The quantitative estimate of drug-likeness (QED) is 0.154. The molecule has 1 fully saturated rings. The van der Waals surface area contributed by atoms with Crippen LogP contribution in [0.3, 0.4) is 0 Å². The van der Waals surface area contributed by atoms with Gasteiger partial charge in [-0.2, -0.15) is 15.1 Å². The van der Waals surface area contributed by atoms with E-state index in [-0.39, 0.29) is 24.0 Å². The second kappa shape index (κ2) is 12.0. The number of fused-ring (bicyclic) bond motifs is 2. The van der Waals surface area contributed by atoms with Crippen LogP contribution in [-0.4, -0.2) is 57.1 Å². The van der Waals surface area contributed by atoms with Crippen LogP contribution in [0.4, 0.5) is 16.2 Å². The molecule has 15 heteroatoms. The molecule has 3 heterocycles. The van der Waals surface area contributed by atoms with Crippen molar-refractivity contribution in [3.05, 3.63) is 48.8 Å². The van der Waals surface area contributed by atoms with Crippen molar-refractivity contribution in [3.8, 4) is 5.75 Å². The number of benzene rings is 2. The van der Waals surface area contributed by atoms with E-state index in [1.807, 2.05) is 18.2 Å². The molecule has 1 saturated heterocycles. The number of nitrogen functional groups attached to an aromatic ring is 1. The molecule has 0 aliphatic carbocycles. The molecule has 2 aromatic heterocycles. The first-order valence-corrected chi connectivity index (χ1v) is 15.4. The Kier molecular flexibility index (Phi) is 8.57. The van der Waals surface area contributed by atoms with Crippen molar-refractivity contribution in [1.82, 2.24) is 24.6 Å². The summed E-state index contributed by atoms with van der Waals surface area (Å²) in [5.74, 6) is -2.74. The van der Waals surface area contributed by atoms with Gasteiger partial charge in [-0.1, -0.05) is 43.3 Å². The van der Waals surface area contributed by atoms with E-state index in [1.165, 1.54) is 13.3 Å². The van der Waals surface area contributed by atoms with E-state index in [9.17, 15) is 9.36 Å². The molecule has 1 aliphatic heterocycles. The summed E-state index contributed by atoms with van der Waals surface area (Å²) in [6.07, 6.45) is 0.144. The maximum atomic E-state index is 16.3. The smallest absolute Gasteiger partial charge is 0.459 e. The van der Waals surface area contributed by atoms with Crippen LogP contribution in [0.15, 0.2) is 48.8 Å². The third-order valence-corrected chi connectivity index (χ3v) is 8.48. The van der Waals surface area contributed by atoms with Crippen LogP contribution < -0.4 is 20.7 Å². The van der Waals surface area contributed by atoms with Gasteiger partial charge >= 0.3 is 13.7 Å². The Bertz CT molecular complexity index is 1680. The Morgan fingerprint density at radius 1 is 1.23 bits per heavy atom. The summed E-state index contributed by atoms with van der Waals surface area (Å²) in [7, 11) is -2.71. The van der Waals surface area contributed by atoms with Gasteiger partial charge in [-0.15, -0.1) is 0 Å². The normalized spacial score (nSPS) is 22.5. The average Bonchev–Trinajstić information content (AvgIpc) is 3.51. The van der Waals surface area contributed by atoms with Crippen molar-refractivity contribution in [3.63, 3.8) is 0 Å². The van der Waals surface area contributed by atoms with Crippen LogP contribution in [0.2, 0.25) is 0 Å². The Balaban J connectivity index is 1.39. The van der Waals surface area contributed by atoms with Gasteiger partial charge in [0, 0.05) is 24.8 Å². The van der Waals surface area contributed by atoms with Gasteiger partial charge in [-0.25, -0.2) is 13.9 Å². The van der Waals surface area contributed by atoms with Gasteiger partial charge in [0.2, 0.25) is 11.8 Å². The minimum absolute atomic E-state index is 0.0156. The second-order valence-electron chi connectivity index (χ2n) is 10.8. The lowest BCUT2D eigenvalue weighted by Gasteiger charge is -2.27. The van der Waals surface area contributed by atoms with Crippen LogP contribution in [0.1, 0.15) is 40.3 Å². The molecule has 4 aromatic rings. The Hall–Kier alpha value is -3.84. The molecule has 0 radical (unpaired) electrons. The summed E-state index contributed by atoms with van der Waals surface area (Å²) in [5.41, 5.74) is 6.68. The molecule has 4 N–H and O–H groups in total. The van der Waals surface area contributed by atoms with Crippen LogP contribution in [0.5, 0.6) is 5.75 Å². The van der Waals surface area contributed by atoms with E-state index in [0.29, 0.717) is 22.4 Å². The number of carbonyl (C=O) groups is 1. The van der Waals surface area contributed by atoms with E-state index in [4.69, 9.17) is 24.3 Å². The molecule has 0 spiro atoms. The molecule has 2 aromatic carbocycles. The third kappa shape index (κ3) is 6.57. The van der Waals surface area contributed by atoms with Crippen molar-refractivity contribution in [1.29, 1.82) is 0 Å². The number of hydrogen-bond acceptors (Lipinski definition) is 11. The topological polar surface area (TPSA) is 165 Å². The number of halogens is 1. The molecule has 0 amide bonds. The number of rotatable bonds is 11. The molecule has 13 nitrogen and oxygen atoms in total. The molecule has 0 unspecified atom stereocenters. The summed E-state index contributed by atoms with van der Waals surface area (Å²) in [4.78, 5) is 25.3. The highest BCUT2D eigenvalue weighted by Crippen LogP contribution is 2.50. The van der Waals surface area contributed by atoms with Crippen molar-refractivity contribution in [2.24, 2.45) is 5.92 Å². The van der Waals surface area contributed by atoms with Crippen molar-refractivity contribution >= 4 is 47.4 Å². The van der Waals surface area contributed by atoms with Crippen LogP contribution in [-0.2, 0) is 23.4 Å². The zero-order chi connectivity index (χ0) is 30.9. The van der Waals surface area contributed by atoms with Crippen LogP contribution in [0, 0.1) is 5.92 Å². The number of ether oxygens (including phenoxy) is 2. The van der Waals surface area contributed by atoms with Crippen molar-refractivity contribution in [2.45, 2.75) is 58.3 Å². The Morgan fingerprint density at radius 2 is 1.98 bits per heavy atom. The Labute approximate surface area is 247 Å². The Morgan fingerprint density at radius 3 is 2.72 bits per heavy atom. The van der Waals surface area contributed by atoms with Gasteiger partial charge in [0.05, 0.1) is 12.4 Å². The second-order valence-corrected chi connectivity index (χ2v) is 12.4. The SMILES string of the molecule is CNc1nc(N)nc2c1ncn2[C@@H]1O[C@](F)(CO[P@@](=O)(N[C@H](C)C(=O)OC(C)C)Oc2cccc3ccccc23)C[C@@H]1C. The highest BCUT2D eigenvalue weighted by Gasteiger charge is 2.49. The number of anilines is 2. The molecular formula is C28H35FN7O6P. The monoisotopic (exact) mass is 615 g/mol. The molecule has 5 atom stereocenters. The summed E-state index contributed by atoms with van der Waals surface area (Å²) in [6.45, 7) is 5.88. The average molecular weight is 616 g/mol. The van der Waals surface area contributed by atoms with Crippen molar-refractivity contribution in [2.75, 3.05) is 24.7 Å². The fraction of sp³-hybridized carbons (Fsp3) is 0.429. The van der Waals surface area contributed by atoms with E-state index in [1.54, 1.807) is 56.7 Å². The summed E-state index contributed by atoms with van der Waals surface area (Å²) in [6, 6.07) is 11.4. The maximum Gasteiger partial charge on any atom is 0.459 e. The molecule has 0 bridgehead atoms. The lowest BCUT2D eigenvalue weighted by atomic mass is 10.1. The predicted molar refractivity (Wildman–Crippen MR) is 159 cm³/mol. The third-order valence-electron chi connectivity index (χ3n) is 6.87. The number of alkyl halides is 1. The lowest BCUT2D eigenvalue weighted by molar-refractivity contribution is -0.173. The highest BCUT2D eigenvalue weighted by molar-refractivity contribution is 7.52. The zero-order valence-corrected chi connectivity index (χ0v) is 25.4. The van der Waals surface area contributed by atoms with Gasteiger partial charge < -0.3 is 25.0 Å². The van der Waals surface area contributed by atoms with Gasteiger partial charge in [0.15, 0.2) is 17.0 Å². The summed E-state index contributed by atoms with van der Waals surface area (Å²) in [5, 5.41) is 7.01. The van der Waals surface area contributed by atoms with Crippen LogP contribution >= 0.6 is 7.75 Å². The number of esters is 1. The van der Waals surface area contributed by atoms with Crippen LogP contribution in [0.25, 0.3) is 21.9 Å². The predicted octanol–water partition coefficient (Wildman–Crippen LogP) is 4.96. The number of hydrogen-bond donors (Lipinski definition) is 3. The molecule has 1 aliphatic rings. The van der Waals surface area contributed by atoms with E-state index in [0.717, 1.165) is 5.39 Å². The minimum atomic E-state index is -4.39. The minimum Gasteiger partial charge on any atom is -0.462 e. The molecule has 43 heavy (non-hydrogen) atoms. The molecule has 5 rings (SSSR count). The molecule has 0 saturated carbocycles. The summed E-state index contributed by atoms with van der Waals surface area (Å²) >= 11 is 0. The number of nitrogens with two attached hydrogens (primary N) is 1. The van der Waals surface area contributed by atoms with E-state index >= 15 is 4.39 Å². The zero-order valence-electron chi connectivity index (χ0n) is 24.5. The fourth-order valence-corrected chi connectivity index (χ4v) is 6.52. The summed E-state index contributed by atoms with van der Waals surface area (Å²) < 4.78 is 54.7. The van der Waals surface area contributed by atoms with Gasteiger partial charge in [-0.3, -0.25) is 13.9 Å². The number of nitrogens with zero attached hydrogens (tertiary/aromatic N) is 4. The fourth-order valence-electron chi connectivity index (χ4n) is 4.98. The number of carbonyl (C=O) groups excluding carboxylic acids is 1. The van der Waals surface area contributed by atoms with E-state index in [2.05, 4.69) is 25.4 Å². The van der Waals surface area contributed by atoms with Gasteiger partial charge in [0.1, 0.15) is 24.6 Å². The number of nitrogens with one attached hydrogen (secondary N) is 2. The first kappa shape index (κ1) is 30.6. The van der Waals surface area contributed by atoms with Crippen molar-refractivity contribution < 1.29 is 32.3 Å². The highest BCUT2D eigenvalue weighted by atomic mass is 31.2. The van der Waals surface area contributed by atoms with Gasteiger partial charge in [0.25, 0.3) is 0 Å².